The highest BCUT2D eigenvalue weighted by Crippen LogP contribution is 2.17. The summed E-state index contributed by atoms with van der Waals surface area (Å²) in [6, 6.07) is 7.18. The number of nitriles is 1. The third-order valence-electron chi connectivity index (χ3n) is 2.31. The van der Waals surface area contributed by atoms with Crippen LogP contribution in [0.2, 0.25) is 0 Å². The van der Waals surface area contributed by atoms with E-state index in [9.17, 15) is 4.39 Å². The van der Waals surface area contributed by atoms with Crippen LogP contribution in [0.4, 0.5) is 4.39 Å². The van der Waals surface area contributed by atoms with E-state index in [1.807, 2.05) is 24.8 Å². The molecule has 0 saturated heterocycles. The predicted octanol–water partition coefficient (Wildman–Crippen LogP) is 3.32. The smallest absolute Gasteiger partial charge is 0.124 e. The van der Waals surface area contributed by atoms with Crippen molar-refractivity contribution in [1.29, 1.82) is 5.26 Å². The van der Waals surface area contributed by atoms with Crippen molar-refractivity contribution in [3.63, 3.8) is 0 Å². The molecule has 0 aliphatic rings. The van der Waals surface area contributed by atoms with E-state index < -0.39 is 0 Å². The highest BCUT2D eigenvalue weighted by atomic mass is 79.9. The Balaban J connectivity index is 2.81. The van der Waals surface area contributed by atoms with Gasteiger partial charge in [-0.05, 0) is 37.6 Å². The van der Waals surface area contributed by atoms with Crippen molar-refractivity contribution < 1.29 is 4.39 Å². The van der Waals surface area contributed by atoms with E-state index in [1.54, 1.807) is 0 Å². The molecule has 0 amide bonds. The Morgan fingerprint density at radius 3 is 2.62 bits per heavy atom. The first-order valence-corrected chi connectivity index (χ1v) is 5.88. The van der Waals surface area contributed by atoms with Crippen LogP contribution < -0.4 is 0 Å². The van der Waals surface area contributed by atoms with Gasteiger partial charge in [0.1, 0.15) is 5.82 Å². The minimum atomic E-state index is -0.259. The summed E-state index contributed by atoms with van der Waals surface area (Å²) in [6.07, 6.45) is 0. The summed E-state index contributed by atoms with van der Waals surface area (Å²) < 4.78 is 13.9. The average Bonchev–Trinajstić information content (AvgIpc) is 2.15. The quantitative estimate of drug-likeness (QED) is 0.793. The molecule has 0 unspecified atom stereocenters. The van der Waals surface area contributed by atoms with Crippen molar-refractivity contribution >= 4 is 15.9 Å². The fraction of sp³-hybridized carbons (Fsp3) is 0.417. The van der Waals surface area contributed by atoms with Gasteiger partial charge in [-0.1, -0.05) is 15.9 Å². The molecule has 0 fully saturated rings. The minimum Gasteiger partial charge on any atom is -0.284 e. The number of halogens is 2. The normalized spacial score (nSPS) is 10.8. The van der Waals surface area contributed by atoms with E-state index in [1.165, 1.54) is 12.1 Å². The van der Waals surface area contributed by atoms with Gasteiger partial charge in [0.25, 0.3) is 0 Å². The lowest BCUT2D eigenvalue weighted by molar-refractivity contribution is 0.240. The Morgan fingerprint density at radius 1 is 1.44 bits per heavy atom. The van der Waals surface area contributed by atoms with Crippen LogP contribution in [0, 0.1) is 17.1 Å². The van der Waals surface area contributed by atoms with E-state index in [2.05, 4.69) is 22.0 Å². The van der Waals surface area contributed by atoms with Gasteiger partial charge in [-0.15, -0.1) is 0 Å². The molecule has 0 atom stereocenters. The van der Waals surface area contributed by atoms with Crippen LogP contribution in [0.1, 0.15) is 19.4 Å². The largest absolute Gasteiger partial charge is 0.284 e. The second-order valence-corrected chi connectivity index (χ2v) is 4.85. The number of benzene rings is 1. The maximum Gasteiger partial charge on any atom is 0.124 e. The number of hydrogen-bond donors (Lipinski definition) is 0. The molecular formula is C12H14BrFN2. The first-order valence-electron chi connectivity index (χ1n) is 5.09. The van der Waals surface area contributed by atoms with Gasteiger partial charge < -0.3 is 0 Å². The third kappa shape index (κ3) is 3.92. The minimum absolute atomic E-state index is 0.259. The molecule has 4 heteroatoms. The van der Waals surface area contributed by atoms with Crippen molar-refractivity contribution in [3.05, 3.63) is 34.1 Å². The molecule has 0 aliphatic carbocycles. The second-order valence-electron chi connectivity index (χ2n) is 3.93. The van der Waals surface area contributed by atoms with Crippen molar-refractivity contribution in [2.45, 2.75) is 26.4 Å². The first kappa shape index (κ1) is 13.1. The topological polar surface area (TPSA) is 27.0 Å². The van der Waals surface area contributed by atoms with Gasteiger partial charge in [-0.25, -0.2) is 4.39 Å². The highest BCUT2D eigenvalue weighted by molar-refractivity contribution is 9.10. The molecule has 0 aliphatic heterocycles. The van der Waals surface area contributed by atoms with Crippen molar-refractivity contribution in [2.24, 2.45) is 0 Å². The molecule has 1 aromatic carbocycles. The standard InChI is InChI=1S/C12H14BrFN2/c1-9(2)16(4-3-15)8-10-5-11(13)7-12(14)6-10/h5-7,9H,4,8H2,1-2H3. The zero-order chi connectivity index (χ0) is 12.1. The molecule has 0 bridgehead atoms. The van der Waals surface area contributed by atoms with Crippen molar-refractivity contribution in [1.82, 2.24) is 4.90 Å². The summed E-state index contributed by atoms with van der Waals surface area (Å²) >= 11 is 3.26. The molecule has 0 saturated carbocycles. The zero-order valence-electron chi connectivity index (χ0n) is 9.37. The van der Waals surface area contributed by atoms with Gasteiger partial charge in [0.05, 0.1) is 12.6 Å². The SMILES string of the molecule is CC(C)N(CC#N)Cc1cc(F)cc(Br)c1. The maximum absolute atomic E-state index is 13.2. The lowest BCUT2D eigenvalue weighted by Crippen LogP contribution is -2.30. The Morgan fingerprint density at radius 2 is 2.12 bits per heavy atom. The van der Waals surface area contributed by atoms with Crippen LogP contribution >= 0.6 is 15.9 Å². The number of hydrogen-bond acceptors (Lipinski definition) is 2. The molecule has 86 valence electrons. The summed E-state index contributed by atoms with van der Waals surface area (Å²) in [7, 11) is 0. The Kier molecular flexibility index (Phi) is 4.91. The molecule has 0 N–H and O–H groups in total. The lowest BCUT2D eigenvalue weighted by atomic mass is 10.2. The Labute approximate surface area is 104 Å². The molecule has 1 rings (SSSR count). The van der Waals surface area contributed by atoms with Crippen LogP contribution in [0.15, 0.2) is 22.7 Å². The lowest BCUT2D eigenvalue weighted by Gasteiger charge is -2.23. The fourth-order valence-corrected chi connectivity index (χ4v) is 1.96. The van der Waals surface area contributed by atoms with Crippen LogP contribution in [0.3, 0.4) is 0 Å². The van der Waals surface area contributed by atoms with E-state index >= 15 is 0 Å². The highest BCUT2D eigenvalue weighted by Gasteiger charge is 2.10. The number of rotatable bonds is 4. The number of nitrogens with zero attached hydrogens (tertiary/aromatic N) is 2. The summed E-state index contributed by atoms with van der Waals surface area (Å²) in [6.45, 7) is 4.98. The molecule has 1 aromatic rings. The molecular weight excluding hydrogens is 271 g/mol. The van der Waals surface area contributed by atoms with Gasteiger partial charge >= 0.3 is 0 Å². The van der Waals surface area contributed by atoms with Crippen LogP contribution in [-0.2, 0) is 6.54 Å². The first-order chi connectivity index (χ1) is 7.52. The second kappa shape index (κ2) is 5.97. The third-order valence-corrected chi connectivity index (χ3v) is 2.77. The van der Waals surface area contributed by atoms with E-state index in [-0.39, 0.29) is 11.9 Å². The van der Waals surface area contributed by atoms with Crippen molar-refractivity contribution in [3.8, 4) is 6.07 Å². The summed E-state index contributed by atoms with van der Waals surface area (Å²) in [5, 5.41) is 8.70. The Bertz CT molecular complexity index is 378. The van der Waals surface area contributed by atoms with Gasteiger partial charge in [-0.3, -0.25) is 4.90 Å². The summed E-state index contributed by atoms with van der Waals surface area (Å²) in [4.78, 5) is 1.99. The van der Waals surface area contributed by atoms with Gasteiger partial charge in [0, 0.05) is 17.1 Å². The van der Waals surface area contributed by atoms with E-state index in [0.717, 1.165) is 10.0 Å². The van der Waals surface area contributed by atoms with Gasteiger partial charge in [-0.2, -0.15) is 5.26 Å². The van der Waals surface area contributed by atoms with Crippen LogP contribution in [0.5, 0.6) is 0 Å². The van der Waals surface area contributed by atoms with E-state index in [0.29, 0.717) is 13.1 Å². The summed E-state index contributed by atoms with van der Waals surface area (Å²) in [5.41, 5.74) is 0.871. The molecule has 2 nitrogen and oxygen atoms in total. The average molecular weight is 285 g/mol. The van der Waals surface area contributed by atoms with Crippen molar-refractivity contribution in [2.75, 3.05) is 6.54 Å². The van der Waals surface area contributed by atoms with Gasteiger partial charge in [0.2, 0.25) is 0 Å². The Hall–Kier alpha value is -0.920. The van der Waals surface area contributed by atoms with Crippen LogP contribution in [0.25, 0.3) is 0 Å². The molecule has 16 heavy (non-hydrogen) atoms. The fourth-order valence-electron chi connectivity index (χ4n) is 1.45. The van der Waals surface area contributed by atoms with E-state index in [4.69, 9.17) is 5.26 Å². The molecule has 0 aromatic heterocycles. The van der Waals surface area contributed by atoms with Gasteiger partial charge in [0.15, 0.2) is 0 Å². The molecule has 0 heterocycles. The molecule has 0 spiro atoms. The predicted molar refractivity (Wildman–Crippen MR) is 65.3 cm³/mol. The zero-order valence-corrected chi connectivity index (χ0v) is 11.0. The monoisotopic (exact) mass is 284 g/mol. The molecule has 0 radical (unpaired) electrons. The maximum atomic E-state index is 13.2. The summed E-state index contributed by atoms with van der Waals surface area (Å²) in [5.74, 6) is -0.259. The van der Waals surface area contributed by atoms with Crippen LogP contribution in [-0.4, -0.2) is 17.5 Å².